The Labute approximate surface area is 167 Å². The van der Waals surface area contributed by atoms with Crippen LogP contribution in [0.5, 0.6) is 17.2 Å². The van der Waals surface area contributed by atoms with E-state index in [-0.39, 0.29) is 19.1 Å². The fourth-order valence-electron chi connectivity index (χ4n) is 3.42. The topological polar surface area (TPSA) is 95.1 Å². The van der Waals surface area contributed by atoms with Crippen molar-refractivity contribution in [1.82, 2.24) is 10.6 Å². The van der Waals surface area contributed by atoms with Crippen LogP contribution in [-0.2, 0) is 16.1 Å². The first-order valence-electron chi connectivity index (χ1n) is 9.01. The van der Waals surface area contributed by atoms with Crippen LogP contribution in [0.2, 0.25) is 0 Å². The lowest BCUT2D eigenvalue weighted by Gasteiger charge is -2.33. The van der Waals surface area contributed by atoms with Gasteiger partial charge in [0.15, 0.2) is 11.5 Å². The van der Waals surface area contributed by atoms with Crippen molar-refractivity contribution in [3.05, 3.63) is 65.9 Å². The second-order valence-electron chi connectivity index (χ2n) is 6.62. The summed E-state index contributed by atoms with van der Waals surface area (Å²) in [5.74, 6) is 0.487. The van der Waals surface area contributed by atoms with Crippen LogP contribution in [-0.4, -0.2) is 25.9 Å². The highest BCUT2D eigenvalue weighted by molar-refractivity contribution is 5.85. The molecule has 0 spiro atoms. The maximum absolute atomic E-state index is 12.9. The molecule has 2 aliphatic heterocycles. The fraction of sp³-hybridized carbons (Fsp3) is 0.238. The lowest BCUT2D eigenvalue weighted by atomic mass is 9.88. The monoisotopic (exact) mass is 396 g/mol. The number of amides is 2. The minimum absolute atomic E-state index is 0.0475. The molecule has 0 saturated carbocycles. The Morgan fingerprint density at radius 1 is 1.21 bits per heavy atom. The van der Waals surface area contributed by atoms with Crippen molar-refractivity contribution in [2.75, 3.05) is 13.9 Å². The van der Waals surface area contributed by atoms with E-state index in [1.165, 1.54) is 7.11 Å². The number of urea groups is 1. The van der Waals surface area contributed by atoms with Gasteiger partial charge in [-0.05, 0) is 23.8 Å². The molecule has 8 nitrogen and oxygen atoms in total. The van der Waals surface area contributed by atoms with Crippen LogP contribution >= 0.6 is 0 Å². The molecule has 2 N–H and O–H groups in total. The number of ether oxygens (including phenoxy) is 4. The van der Waals surface area contributed by atoms with E-state index in [9.17, 15) is 9.59 Å². The number of nitrogens with one attached hydrogen (secondary N) is 2. The van der Waals surface area contributed by atoms with Crippen LogP contribution in [0, 0.1) is 5.92 Å². The lowest BCUT2D eigenvalue weighted by molar-refractivity contribution is -0.149. The Balaban J connectivity index is 1.54. The maximum atomic E-state index is 12.9. The van der Waals surface area contributed by atoms with Gasteiger partial charge in [0, 0.05) is 11.3 Å². The minimum Gasteiger partial charge on any atom is -0.496 e. The highest BCUT2D eigenvalue weighted by Gasteiger charge is 2.40. The summed E-state index contributed by atoms with van der Waals surface area (Å²) in [7, 11) is 1.53. The van der Waals surface area contributed by atoms with Gasteiger partial charge in [-0.2, -0.15) is 0 Å². The largest absolute Gasteiger partial charge is 0.496 e. The molecule has 2 aromatic carbocycles. The summed E-state index contributed by atoms with van der Waals surface area (Å²) in [5.41, 5.74) is 1.69. The van der Waals surface area contributed by atoms with Gasteiger partial charge < -0.3 is 29.6 Å². The average molecular weight is 396 g/mol. The summed E-state index contributed by atoms with van der Waals surface area (Å²) >= 11 is 0. The summed E-state index contributed by atoms with van der Waals surface area (Å²) in [6.45, 7) is 4.07. The summed E-state index contributed by atoms with van der Waals surface area (Å²) < 4.78 is 21.5. The number of carbonyl (C=O) groups excluding carboxylic acids is 2. The highest BCUT2D eigenvalue weighted by atomic mass is 16.7. The predicted molar refractivity (Wildman–Crippen MR) is 102 cm³/mol. The van der Waals surface area contributed by atoms with Gasteiger partial charge in [0.2, 0.25) is 6.79 Å². The summed E-state index contributed by atoms with van der Waals surface area (Å²) in [6.07, 6.45) is 0. The van der Waals surface area contributed by atoms with Crippen molar-refractivity contribution in [2.45, 2.75) is 12.6 Å². The number of carbonyl (C=O) groups is 2. The predicted octanol–water partition coefficient (Wildman–Crippen LogP) is 2.65. The molecule has 29 heavy (non-hydrogen) atoms. The van der Waals surface area contributed by atoms with E-state index in [0.29, 0.717) is 22.8 Å². The van der Waals surface area contributed by atoms with E-state index < -0.39 is 24.0 Å². The van der Waals surface area contributed by atoms with Crippen LogP contribution in [0.4, 0.5) is 4.79 Å². The first-order valence-corrected chi connectivity index (χ1v) is 9.01. The zero-order valence-electron chi connectivity index (χ0n) is 15.8. The number of methoxy groups -OCH3 is 1. The number of hydrogen-bond acceptors (Lipinski definition) is 6. The molecule has 2 heterocycles. The Morgan fingerprint density at radius 2 is 2.00 bits per heavy atom. The third kappa shape index (κ3) is 3.69. The van der Waals surface area contributed by atoms with E-state index in [4.69, 9.17) is 18.9 Å². The summed E-state index contributed by atoms with van der Waals surface area (Å²) in [4.78, 5) is 24.9. The molecule has 0 aromatic heterocycles. The van der Waals surface area contributed by atoms with Crippen molar-refractivity contribution in [1.29, 1.82) is 0 Å². The first-order chi connectivity index (χ1) is 14.1. The van der Waals surface area contributed by atoms with E-state index in [0.717, 1.165) is 5.56 Å². The first kappa shape index (κ1) is 18.7. The van der Waals surface area contributed by atoms with Gasteiger partial charge in [-0.1, -0.05) is 30.8 Å². The van der Waals surface area contributed by atoms with Gasteiger partial charge in [0.25, 0.3) is 0 Å². The molecule has 2 aliphatic rings. The number of hydrogen-bond donors (Lipinski definition) is 2. The van der Waals surface area contributed by atoms with Gasteiger partial charge in [-0.25, -0.2) is 4.79 Å². The SMILES string of the molecule is C=C1NC(=O)NC(c2ccccc2OC)C1C(=O)OCc1ccc2c(c1)OCO2. The van der Waals surface area contributed by atoms with E-state index in [1.807, 2.05) is 12.1 Å². The number of esters is 1. The van der Waals surface area contributed by atoms with Gasteiger partial charge in [0.05, 0.1) is 13.2 Å². The maximum Gasteiger partial charge on any atom is 0.319 e. The molecule has 2 amide bonds. The van der Waals surface area contributed by atoms with Gasteiger partial charge >= 0.3 is 12.0 Å². The number of rotatable bonds is 5. The lowest BCUT2D eigenvalue weighted by Crippen LogP contribution is -2.51. The van der Waals surface area contributed by atoms with Crippen molar-refractivity contribution in [3.63, 3.8) is 0 Å². The normalized spacial score (nSPS) is 19.9. The Hall–Kier alpha value is -3.68. The van der Waals surface area contributed by atoms with Gasteiger partial charge in [-0.15, -0.1) is 0 Å². The van der Waals surface area contributed by atoms with Crippen molar-refractivity contribution in [2.24, 2.45) is 5.92 Å². The van der Waals surface area contributed by atoms with E-state index >= 15 is 0 Å². The summed E-state index contributed by atoms with van der Waals surface area (Å²) in [6, 6.07) is 11.4. The van der Waals surface area contributed by atoms with Crippen molar-refractivity contribution < 1.29 is 28.5 Å². The third-order valence-electron chi connectivity index (χ3n) is 4.82. The molecule has 2 unspecified atom stereocenters. The number of para-hydroxylation sites is 1. The zero-order valence-corrected chi connectivity index (χ0v) is 15.8. The van der Waals surface area contributed by atoms with Gasteiger partial charge in [0.1, 0.15) is 18.3 Å². The second-order valence-corrected chi connectivity index (χ2v) is 6.62. The van der Waals surface area contributed by atoms with E-state index in [2.05, 4.69) is 17.2 Å². The molecule has 4 rings (SSSR count). The summed E-state index contributed by atoms with van der Waals surface area (Å²) in [5, 5.41) is 5.33. The highest BCUT2D eigenvalue weighted by Crippen LogP contribution is 2.36. The third-order valence-corrected chi connectivity index (χ3v) is 4.82. The van der Waals surface area contributed by atoms with Crippen LogP contribution in [0.15, 0.2) is 54.7 Å². The van der Waals surface area contributed by atoms with Crippen LogP contribution in [0.3, 0.4) is 0 Å². The molecule has 0 bridgehead atoms. The Bertz CT molecular complexity index is 973. The molecular weight excluding hydrogens is 376 g/mol. The quantitative estimate of drug-likeness (QED) is 0.755. The van der Waals surface area contributed by atoms with Gasteiger partial charge in [-0.3, -0.25) is 4.79 Å². The molecule has 1 fully saturated rings. The van der Waals surface area contributed by atoms with Crippen molar-refractivity contribution in [3.8, 4) is 17.2 Å². The Morgan fingerprint density at radius 3 is 2.83 bits per heavy atom. The standard InChI is InChI=1S/C21H20N2O6/c1-12-18(19(23-21(25)22-12)14-5-3-4-6-15(14)26-2)20(24)27-10-13-7-8-16-17(9-13)29-11-28-16/h3-9,18-19H,1,10-11H2,2H3,(H2,22,23,25). The molecule has 8 heteroatoms. The molecular formula is C21H20N2O6. The van der Waals surface area contributed by atoms with Crippen LogP contribution in [0.1, 0.15) is 17.2 Å². The molecule has 2 aromatic rings. The zero-order chi connectivity index (χ0) is 20.4. The number of benzene rings is 2. The molecule has 0 aliphatic carbocycles. The molecule has 2 atom stereocenters. The van der Waals surface area contributed by atoms with E-state index in [1.54, 1.807) is 30.3 Å². The Kier molecular flexibility index (Phi) is 4.99. The molecule has 0 radical (unpaired) electrons. The molecule has 150 valence electrons. The number of fused-ring (bicyclic) bond motifs is 1. The fourth-order valence-corrected chi connectivity index (χ4v) is 3.42. The van der Waals surface area contributed by atoms with Crippen molar-refractivity contribution >= 4 is 12.0 Å². The van der Waals surface area contributed by atoms with Crippen LogP contribution < -0.4 is 24.8 Å². The molecule has 1 saturated heterocycles. The van der Waals surface area contributed by atoms with Crippen LogP contribution in [0.25, 0.3) is 0 Å². The second kappa shape index (κ2) is 7.75. The smallest absolute Gasteiger partial charge is 0.319 e. The minimum atomic E-state index is -0.821. The average Bonchev–Trinajstić information content (AvgIpc) is 3.19.